The number of carbonyl (C=O) groups excluding carboxylic acids is 2. The lowest BCUT2D eigenvalue weighted by atomic mass is 9.79. The van der Waals surface area contributed by atoms with Crippen LogP contribution >= 0.6 is 0 Å². The monoisotopic (exact) mass is 507 g/mol. The molecule has 1 aromatic heterocycles. The third kappa shape index (κ3) is 4.93. The van der Waals surface area contributed by atoms with Gasteiger partial charge in [-0.3, -0.25) is 9.48 Å². The summed E-state index contributed by atoms with van der Waals surface area (Å²) in [6.45, 7) is 5.80. The summed E-state index contributed by atoms with van der Waals surface area (Å²) in [5.74, 6) is 1.34. The maximum atomic E-state index is 13.0. The van der Waals surface area contributed by atoms with Gasteiger partial charge < -0.3 is 25.0 Å². The van der Waals surface area contributed by atoms with Crippen molar-refractivity contribution in [1.29, 1.82) is 0 Å². The molecule has 1 aliphatic carbocycles. The summed E-state index contributed by atoms with van der Waals surface area (Å²) in [4.78, 5) is 27.4. The second-order valence-electron chi connectivity index (χ2n) is 11.0. The average Bonchev–Trinajstić information content (AvgIpc) is 3.71. The predicted octanol–water partition coefficient (Wildman–Crippen LogP) is 3.35. The molecular formula is C28H37N5O4. The quantitative estimate of drug-likeness (QED) is 0.644. The molecule has 3 fully saturated rings. The molecule has 6 rings (SSSR count). The Balaban J connectivity index is 1.22. The SMILES string of the molecule is Cc1c2c(nn1CC(=O)NC1CCCNCC1)-c1ccccc1OC21CCN(C(=O)OCC2CC2)CC1. The molecule has 198 valence electrons. The lowest BCUT2D eigenvalue weighted by Gasteiger charge is -2.44. The number of hydrogen-bond acceptors (Lipinski definition) is 6. The minimum Gasteiger partial charge on any atom is -0.482 e. The second kappa shape index (κ2) is 10.0. The van der Waals surface area contributed by atoms with Crippen LogP contribution in [0.2, 0.25) is 0 Å². The Bertz CT molecular complexity index is 1160. The van der Waals surface area contributed by atoms with E-state index in [4.69, 9.17) is 14.6 Å². The van der Waals surface area contributed by atoms with Gasteiger partial charge in [-0.05, 0) is 70.2 Å². The van der Waals surface area contributed by atoms with Gasteiger partial charge in [0.15, 0.2) is 0 Å². The molecule has 1 aromatic carbocycles. The van der Waals surface area contributed by atoms with Gasteiger partial charge in [0.1, 0.15) is 23.6 Å². The fraction of sp³-hybridized carbons (Fsp3) is 0.607. The molecule has 0 radical (unpaired) electrons. The van der Waals surface area contributed by atoms with E-state index in [1.165, 1.54) is 0 Å². The van der Waals surface area contributed by atoms with E-state index in [-0.39, 0.29) is 24.6 Å². The van der Waals surface area contributed by atoms with Crippen molar-refractivity contribution in [3.63, 3.8) is 0 Å². The summed E-state index contributed by atoms with van der Waals surface area (Å²) in [6, 6.07) is 8.18. The summed E-state index contributed by atoms with van der Waals surface area (Å²) < 4.78 is 14.1. The van der Waals surface area contributed by atoms with Crippen LogP contribution in [0, 0.1) is 12.8 Å². The number of ether oxygens (including phenoxy) is 2. The summed E-state index contributed by atoms with van der Waals surface area (Å²) in [5.41, 5.74) is 3.25. The average molecular weight is 508 g/mol. The van der Waals surface area contributed by atoms with Crippen molar-refractivity contribution < 1.29 is 19.1 Å². The molecule has 1 saturated carbocycles. The first-order valence-corrected chi connectivity index (χ1v) is 13.8. The maximum absolute atomic E-state index is 13.0. The zero-order valence-corrected chi connectivity index (χ0v) is 21.6. The number of aromatic nitrogens is 2. The summed E-state index contributed by atoms with van der Waals surface area (Å²) >= 11 is 0. The number of nitrogens with one attached hydrogen (secondary N) is 2. The van der Waals surface area contributed by atoms with Crippen LogP contribution in [-0.4, -0.2) is 65.5 Å². The second-order valence-corrected chi connectivity index (χ2v) is 11.0. The molecule has 9 heteroatoms. The molecule has 37 heavy (non-hydrogen) atoms. The lowest BCUT2D eigenvalue weighted by molar-refractivity contribution is -0.122. The largest absolute Gasteiger partial charge is 0.482 e. The standard InChI is InChI=1S/C28H37N5O4/c1-19-25-26(31-33(19)17-24(34)30-21-5-4-13-29-14-10-21)22-6-2-3-7-23(22)37-28(25)11-15-32(16-12-28)27(35)36-18-20-8-9-20/h2-3,6-7,20-21,29H,4-5,8-18H2,1H3,(H,30,34). The third-order valence-electron chi connectivity index (χ3n) is 8.31. The highest BCUT2D eigenvalue weighted by atomic mass is 16.6. The fourth-order valence-electron chi connectivity index (χ4n) is 5.99. The maximum Gasteiger partial charge on any atom is 0.409 e. The van der Waals surface area contributed by atoms with Crippen molar-refractivity contribution in [2.45, 2.75) is 70.1 Å². The predicted molar refractivity (Wildman–Crippen MR) is 138 cm³/mol. The number of nitrogens with zero attached hydrogens (tertiary/aromatic N) is 3. The summed E-state index contributed by atoms with van der Waals surface area (Å²) in [5, 5.41) is 11.6. The molecule has 1 atom stereocenters. The van der Waals surface area contributed by atoms with E-state index < -0.39 is 5.60 Å². The normalized spacial score (nSPS) is 22.4. The van der Waals surface area contributed by atoms with E-state index in [2.05, 4.69) is 10.6 Å². The smallest absolute Gasteiger partial charge is 0.409 e. The number of carbonyl (C=O) groups is 2. The van der Waals surface area contributed by atoms with Crippen molar-refractivity contribution in [2.75, 3.05) is 32.8 Å². The molecule has 4 heterocycles. The van der Waals surface area contributed by atoms with Gasteiger partial charge in [0, 0.05) is 48.8 Å². The van der Waals surface area contributed by atoms with Gasteiger partial charge in [0.25, 0.3) is 0 Å². The van der Waals surface area contributed by atoms with Gasteiger partial charge in [-0.2, -0.15) is 5.10 Å². The van der Waals surface area contributed by atoms with E-state index in [1.807, 2.05) is 35.9 Å². The Morgan fingerprint density at radius 2 is 1.97 bits per heavy atom. The van der Waals surface area contributed by atoms with Crippen molar-refractivity contribution in [1.82, 2.24) is 25.3 Å². The molecule has 1 unspecified atom stereocenters. The number of likely N-dealkylation sites (tertiary alicyclic amines) is 1. The number of hydrogen-bond donors (Lipinski definition) is 2. The van der Waals surface area contributed by atoms with Crippen LogP contribution in [0.1, 0.15) is 56.2 Å². The van der Waals surface area contributed by atoms with Crippen LogP contribution in [-0.2, 0) is 21.7 Å². The summed E-state index contributed by atoms with van der Waals surface area (Å²) in [6.07, 6.45) is 6.41. The van der Waals surface area contributed by atoms with Crippen molar-refractivity contribution >= 4 is 12.0 Å². The van der Waals surface area contributed by atoms with Crippen molar-refractivity contribution in [3.8, 4) is 17.0 Å². The molecule has 4 aliphatic rings. The molecule has 9 nitrogen and oxygen atoms in total. The minimum atomic E-state index is -0.581. The molecule has 2 amide bonds. The van der Waals surface area contributed by atoms with E-state index in [1.54, 1.807) is 4.90 Å². The Morgan fingerprint density at radius 3 is 2.78 bits per heavy atom. The van der Waals surface area contributed by atoms with Gasteiger partial charge in [-0.15, -0.1) is 0 Å². The first-order chi connectivity index (χ1) is 18.0. The van der Waals surface area contributed by atoms with E-state index in [0.717, 1.165) is 73.5 Å². The Morgan fingerprint density at radius 1 is 1.16 bits per heavy atom. The topological polar surface area (TPSA) is 97.7 Å². The van der Waals surface area contributed by atoms with E-state index in [0.29, 0.717) is 38.5 Å². The van der Waals surface area contributed by atoms with Crippen molar-refractivity contribution in [2.24, 2.45) is 5.92 Å². The highest BCUT2D eigenvalue weighted by Gasteiger charge is 2.47. The minimum absolute atomic E-state index is 0.00803. The number of amides is 2. The number of benzene rings is 1. The van der Waals surface area contributed by atoms with Crippen LogP contribution in [0.15, 0.2) is 24.3 Å². The van der Waals surface area contributed by atoms with Gasteiger partial charge in [0.05, 0.1) is 6.61 Å². The van der Waals surface area contributed by atoms with E-state index >= 15 is 0 Å². The number of rotatable bonds is 5. The fourth-order valence-corrected chi connectivity index (χ4v) is 5.99. The molecule has 2 saturated heterocycles. The van der Waals surface area contributed by atoms with Gasteiger partial charge in [0.2, 0.25) is 5.91 Å². The van der Waals surface area contributed by atoms with Gasteiger partial charge >= 0.3 is 6.09 Å². The number of piperidine rings is 1. The van der Waals surface area contributed by atoms with Crippen LogP contribution in [0.25, 0.3) is 11.3 Å². The third-order valence-corrected chi connectivity index (χ3v) is 8.31. The Kier molecular flexibility index (Phi) is 6.56. The Labute approximate surface area is 217 Å². The molecular weight excluding hydrogens is 470 g/mol. The van der Waals surface area contributed by atoms with Crippen molar-refractivity contribution in [3.05, 3.63) is 35.5 Å². The molecule has 2 aromatic rings. The van der Waals surface area contributed by atoms with Gasteiger partial charge in [-0.1, -0.05) is 12.1 Å². The first kappa shape index (κ1) is 24.3. The van der Waals surface area contributed by atoms with Crippen LogP contribution in [0.5, 0.6) is 5.75 Å². The Hall–Kier alpha value is -3.07. The van der Waals surface area contributed by atoms with E-state index in [9.17, 15) is 9.59 Å². The molecule has 0 bridgehead atoms. The lowest BCUT2D eigenvalue weighted by Crippen LogP contribution is -2.49. The zero-order valence-electron chi connectivity index (χ0n) is 21.6. The summed E-state index contributed by atoms with van der Waals surface area (Å²) in [7, 11) is 0. The van der Waals surface area contributed by atoms with Crippen LogP contribution < -0.4 is 15.4 Å². The number of fused-ring (bicyclic) bond motifs is 4. The number of para-hydroxylation sites is 1. The van der Waals surface area contributed by atoms with Crippen LogP contribution in [0.3, 0.4) is 0 Å². The van der Waals surface area contributed by atoms with Crippen LogP contribution in [0.4, 0.5) is 4.79 Å². The van der Waals surface area contributed by atoms with Gasteiger partial charge in [-0.25, -0.2) is 4.79 Å². The first-order valence-electron chi connectivity index (χ1n) is 13.8. The molecule has 2 N–H and O–H groups in total. The molecule has 3 aliphatic heterocycles. The highest BCUT2D eigenvalue weighted by molar-refractivity contribution is 5.78. The molecule has 1 spiro atoms. The highest BCUT2D eigenvalue weighted by Crippen LogP contribution is 2.50. The zero-order chi connectivity index (χ0) is 25.4.